The van der Waals surface area contributed by atoms with Gasteiger partial charge < -0.3 is 57.7 Å². The molecule has 0 bridgehead atoms. The Kier molecular flexibility index (Phi) is 45.7. The van der Waals surface area contributed by atoms with Crippen LogP contribution in [0, 0.1) is 23.7 Å². The summed E-state index contributed by atoms with van der Waals surface area (Å²) in [7, 11) is 1.69. The van der Waals surface area contributed by atoms with Crippen LogP contribution in [0.4, 0.5) is 0 Å². The minimum absolute atomic E-state index is 0.0361. The van der Waals surface area contributed by atoms with Crippen LogP contribution >= 0.6 is 0 Å². The van der Waals surface area contributed by atoms with Crippen molar-refractivity contribution in [1.29, 1.82) is 0 Å². The van der Waals surface area contributed by atoms with Gasteiger partial charge in [0, 0.05) is 120 Å². The molecule has 6 unspecified atom stereocenters. The van der Waals surface area contributed by atoms with Gasteiger partial charge >= 0.3 is 35.8 Å². The summed E-state index contributed by atoms with van der Waals surface area (Å²) in [6, 6.07) is 73.0. The highest BCUT2D eigenvalue weighted by molar-refractivity contribution is 6.01. The van der Waals surface area contributed by atoms with Crippen LogP contribution in [0.15, 0.2) is 313 Å². The Labute approximate surface area is 836 Å². The fourth-order valence-corrected chi connectivity index (χ4v) is 16.5. The monoisotopic (exact) mass is 1940 g/mol. The van der Waals surface area contributed by atoms with E-state index in [-0.39, 0.29) is 150 Å². The molecular weight excluding hydrogens is 1800 g/mol. The number of amides is 6. The van der Waals surface area contributed by atoms with Gasteiger partial charge in [-0.15, -0.1) is 0 Å². The Balaban J connectivity index is 0.000000212. The highest BCUT2D eigenvalue weighted by Crippen LogP contribution is 2.37. The van der Waals surface area contributed by atoms with E-state index in [4.69, 9.17) is 38.0 Å². The molecule has 0 radical (unpaired) electrons. The molecule has 8 aromatic carbocycles. The van der Waals surface area contributed by atoms with Gasteiger partial charge in [-0.25, -0.2) is 19.4 Å². The molecule has 8 aromatic rings. The second kappa shape index (κ2) is 57.4. The highest BCUT2D eigenvalue weighted by atomic mass is 16.7. The molecule has 5 heterocycles. The molecule has 142 heavy (non-hydrogen) atoms. The molecule has 28 nitrogen and oxygen atoms in total. The Bertz CT molecular complexity index is 5460. The van der Waals surface area contributed by atoms with Crippen LogP contribution < -0.4 is 0 Å². The maximum Gasteiger partial charge on any atom is 0.333 e. The largest absolute Gasteiger partial charge is 0.461 e. The molecule has 0 aliphatic carbocycles. The van der Waals surface area contributed by atoms with Crippen LogP contribution in [0.3, 0.4) is 0 Å². The molecule has 6 amide bonds. The predicted molar refractivity (Wildman–Crippen MR) is 545 cm³/mol. The number of hydrogen-bond donors (Lipinski definition) is 0. The van der Waals surface area contributed by atoms with Crippen molar-refractivity contribution >= 4 is 71.3 Å². The SMILES string of the molecule is C=CCOC(=O)C(CC)CN(C)C(=O)c1ccccc1.C=CCOC(=O)C1(C)CCCOC1.C=CCOC(=O)C1(C)CN(C(=O)c2ccc(C)cc2)CCN1Cc1ccccc1.C=CCOC(=O)C1(C)CN(C(=O)c2ccccc2)CCN1C(=O)c1ccccc1.C=CCOC(=O)C1(C)CN(C(=O)c2ccccc2)CCN1Cc1ccccc1.C=CCOC(=O)C1(CC)CCC(=O)N(OCc2ccccc2)C1. The number of carbonyl (C=O) groups excluding carboxylic acids is 12. The van der Waals surface area contributed by atoms with Crippen LogP contribution in [-0.2, 0) is 91.3 Å². The summed E-state index contributed by atoms with van der Waals surface area (Å²) in [5.41, 5.74) is 2.90. The molecule has 6 atom stereocenters. The zero-order valence-electron chi connectivity index (χ0n) is 83.3. The third-order valence-electron chi connectivity index (χ3n) is 25.1. The van der Waals surface area contributed by atoms with Gasteiger partial charge in [0.2, 0.25) is 5.91 Å². The summed E-state index contributed by atoms with van der Waals surface area (Å²) in [6.45, 7) is 42.2. The van der Waals surface area contributed by atoms with Gasteiger partial charge in [0.25, 0.3) is 29.5 Å². The lowest BCUT2D eigenvalue weighted by molar-refractivity contribution is -0.214. The Morgan fingerprint density at radius 3 is 1.17 bits per heavy atom. The number of aryl methyl sites for hydroxylation is 1. The maximum absolute atomic E-state index is 13.1. The summed E-state index contributed by atoms with van der Waals surface area (Å²) >= 11 is 0. The molecule has 13 rings (SSSR count). The van der Waals surface area contributed by atoms with E-state index in [1.165, 1.54) is 22.1 Å². The Morgan fingerprint density at radius 2 is 0.768 bits per heavy atom. The minimum atomic E-state index is -1.31. The molecule has 5 saturated heterocycles. The van der Waals surface area contributed by atoms with E-state index in [1.807, 2.05) is 205 Å². The number of nitrogens with zero attached hydrogens (tertiary/aromatic N) is 8. The fourth-order valence-electron chi connectivity index (χ4n) is 16.5. The molecular formula is C114H138N8O20. The topological polar surface area (TPSA) is 305 Å². The van der Waals surface area contributed by atoms with Gasteiger partial charge in [-0.05, 0) is 144 Å². The average Bonchev–Trinajstić information content (AvgIpc) is 0.778. The molecule has 0 N–H and O–H groups in total. The van der Waals surface area contributed by atoms with Crippen molar-refractivity contribution in [3.05, 3.63) is 363 Å². The van der Waals surface area contributed by atoms with E-state index in [0.717, 1.165) is 41.7 Å². The molecule has 28 heteroatoms. The van der Waals surface area contributed by atoms with Gasteiger partial charge in [-0.1, -0.05) is 271 Å². The first-order valence-electron chi connectivity index (χ1n) is 47.9. The number of piperazine rings is 3. The van der Waals surface area contributed by atoms with Crippen LogP contribution in [-0.4, -0.2) is 259 Å². The second-order valence-corrected chi connectivity index (χ2v) is 35.8. The number of ether oxygens (including phenoxy) is 7. The van der Waals surface area contributed by atoms with Gasteiger partial charge in [0.05, 0.1) is 36.4 Å². The smallest absolute Gasteiger partial charge is 0.333 e. The maximum atomic E-state index is 13.1. The second-order valence-electron chi connectivity index (χ2n) is 35.8. The number of hydroxylamine groups is 2. The van der Waals surface area contributed by atoms with E-state index in [1.54, 1.807) is 131 Å². The van der Waals surface area contributed by atoms with E-state index in [0.29, 0.717) is 113 Å². The van der Waals surface area contributed by atoms with Crippen LogP contribution in [0.25, 0.3) is 0 Å². The average molecular weight is 1940 g/mol. The van der Waals surface area contributed by atoms with Crippen molar-refractivity contribution < 1.29 is 95.5 Å². The molecule has 5 aliphatic heterocycles. The number of benzene rings is 8. The number of rotatable bonds is 34. The summed E-state index contributed by atoms with van der Waals surface area (Å²) < 4.78 is 36.6. The number of esters is 6. The molecule has 0 spiro atoms. The fraction of sp³-hybridized carbons (Fsp3) is 0.368. The van der Waals surface area contributed by atoms with Crippen LogP contribution in [0.1, 0.15) is 154 Å². The third kappa shape index (κ3) is 32.6. The van der Waals surface area contributed by atoms with Crippen molar-refractivity contribution in [2.45, 2.75) is 123 Å². The first kappa shape index (κ1) is 113. The minimum Gasteiger partial charge on any atom is -0.461 e. The zero-order valence-corrected chi connectivity index (χ0v) is 83.3. The normalized spacial score (nSPS) is 19.4. The molecule has 0 aromatic heterocycles. The lowest BCUT2D eigenvalue weighted by Crippen LogP contribution is -2.67. The summed E-state index contributed by atoms with van der Waals surface area (Å²) in [5.74, 6) is -3.08. The van der Waals surface area contributed by atoms with Crippen LogP contribution in [0.5, 0.6) is 0 Å². The van der Waals surface area contributed by atoms with Gasteiger partial charge in [-0.2, -0.15) is 0 Å². The van der Waals surface area contributed by atoms with Crippen LogP contribution in [0.2, 0.25) is 0 Å². The van der Waals surface area contributed by atoms with Crippen molar-refractivity contribution in [3.63, 3.8) is 0 Å². The standard InChI is InChI=1S/C24H28N2O3.C23H24N2O4.C23H26N2O3.C18H23NO4.C16H21NO3.C10H16O3/c1-4-16-29-23(28)24(3)18-25(22(27)21-12-10-19(2)11-13-21)14-15-26(24)17-20-8-6-5-7-9-20;1-3-16-29-22(28)23(2)17-24(20(26)18-10-6-4-7-11-18)14-15-25(23)21(27)19-12-8-5-9-13-19;1-3-16-28-22(27)23(2)18-24(21(26)20-12-8-5-9-13-20)14-15-25(23)17-19-10-6-4-7-11-19;1-3-12-22-17(21)18(4-2)11-10-16(20)19(14-18)23-13-15-8-6-5-7-9-15;1-4-11-20-16(19)13(5-2)12-17(3)15(18)14-9-7-6-8-10-14;1-3-6-13-9(11)10(2)5-4-7-12-8-10/h4-13H,1,14-18H2,2-3H3;3-13H,1,14-17H2,2H3;3-13H,1,14-18H2,2H3;3,5-9H,1,4,10-14H2,2H3;4,6-10,13H,1,5,11-12H2,2-3H3;3H,1,4-8H2,2H3. The van der Waals surface area contributed by atoms with Gasteiger partial charge in [0.15, 0.2) is 5.54 Å². The molecule has 754 valence electrons. The van der Waals surface area contributed by atoms with E-state index in [2.05, 4.69) is 49.3 Å². The van der Waals surface area contributed by atoms with Crippen molar-refractivity contribution in [1.82, 2.24) is 39.4 Å². The summed E-state index contributed by atoms with van der Waals surface area (Å²) in [6.07, 6.45) is 13.0. The first-order valence-corrected chi connectivity index (χ1v) is 47.9. The number of hydrogen-bond acceptors (Lipinski definition) is 22. The Hall–Kier alpha value is -14.3. The lowest BCUT2D eigenvalue weighted by atomic mass is 9.78. The van der Waals surface area contributed by atoms with Gasteiger partial charge in [-0.3, -0.25) is 57.8 Å². The van der Waals surface area contributed by atoms with Gasteiger partial charge in [0.1, 0.15) is 57.3 Å². The Morgan fingerprint density at radius 1 is 0.408 bits per heavy atom. The predicted octanol–water partition coefficient (Wildman–Crippen LogP) is 16.3. The highest BCUT2D eigenvalue weighted by Gasteiger charge is 2.52. The quantitative estimate of drug-likeness (QED) is 0.0205. The van der Waals surface area contributed by atoms with E-state index in [9.17, 15) is 57.5 Å². The number of piperidine rings is 1. The summed E-state index contributed by atoms with van der Waals surface area (Å²) in [4.78, 5) is 169. The molecule has 5 aliphatic rings. The summed E-state index contributed by atoms with van der Waals surface area (Å²) in [5, 5.41) is 1.31. The first-order chi connectivity index (χ1) is 68.3. The van der Waals surface area contributed by atoms with Crippen molar-refractivity contribution in [2.24, 2.45) is 16.7 Å². The van der Waals surface area contributed by atoms with E-state index >= 15 is 0 Å². The van der Waals surface area contributed by atoms with E-state index < -0.39 is 33.4 Å². The van der Waals surface area contributed by atoms with Crippen molar-refractivity contribution in [2.75, 3.05) is 132 Å². The molecule has 0 saturated carbocycles. The molecule has 5 fully saturated rings. The zero-order chi connectivity index (χ0) is 103. The lowest BCUT2D eigenvalue weighted by Gasteiger charge is -2.47. The third-order valence-corrected chi connectivity index (χ3v) is 25.1. The van der Waals surface area contributed by atoms with Crippen molar-refractivity contribution in [3.8, 4) is 0 Å². The number of carbonyl (C=O) groups is 12.